The first-order valence-corrected chi connectivity index (χ1v) is 11.7. The molecule has 0 radical (unpaired) electrons. The van der Waals surface area contributed by atoms with Crippen LogP contribution in [0.25, 0.3) is 0 Å². The van der Waals surface area contributed by atoms with Gasteiger partial charge in [0.2, 0.25) is 11.8 Å². The van der Waals surface area contributed by atoms with Gasteiger partial charge in [0.25, 0.3) is 0 Å². The molecule has 2 aromatic rings. The number of thioether (sulfide) groups is 1. The van der Waals surface area contributed by atoms with Crippen LogP contribution in [0.3, 0.4) is 0 Å². The fraction of sp³-hybridized carbons (Fsp3) is 0.417. The topological polar surface area (TPSA) is 52.7 Å². The summed E-state index contributed by atoms with van der Waals surface area (Å²) in [4.78, 5) is 29.1. The summed E-state index contributed by atoms with van der Waals surface area (Å²) in [6.07, 6.45) is 0.982. The van der Waals surface area contributed by atoms with Crippen LogP contribution in [0.15, 0.2) is 48.5 Å². The first kappa shape index (κ1) is 22.4. The molecule has 1 aliphatic rings. The minimum absolute atomic E-state index is 0.0723. The third kappa shape index (κ3) is 6.89. The van der Waals surface area contributed by atoms with Crippen LogP contribution in [-0.2, 0) is 16.1 Å². The van der Waals surface area contributed by atoms with Gasteiger partial charge in [0.1, 0.15) is 0 Å². The summed E-state index contributed by atoms with van der Waals surface area (Å²) in [6.45, 7) is 8.53. The molecule has 30 heavy (non-hydrogen) atoms. The number of carbonyl (C=O) groups excluding carboxylic acids is 2. The molecule has 2 aromatic carbocycles. The normalized spacial score (nSPS) is 14.9. The zero-order valence-corrected chi connectivity index (χ0v) is 18.7. The minimum atomic E-state index is -0.0723. The zero-order chi connectivity index (χ0) is 21.3. The Morgan fingerprint density at radius 3 is 2.47 bits per heavy atom. The Morgan fingerprint density at radius 2 is 1.70 bits per heavy atom. The molecule has 5 nitrogen and oxygen atoms in total. The number of carbonyl (C=O) groups is 2. The van der Waals surface area contributed by atoms with Gasteiger partial charge in [-0.05, 0) is 43.5 Å². The van der Waals surface area contributed by atoms with Crippen molar-refractivity contribution in [2.24, 2.45) is 0 Å². The number of aryl methyl sites for hydroxylation is 2. The Labute approximate surface area is 183 Å². The van der Waals surface area contributed by atoms with E-state index < -0.39 is 0 Å². The molecule has 0 bridgehead atoms. The van der Waals surface area contributed by atoms with Crippen molar-refractivity contribution in [1.82, 2.24) is 9.80 Å². The molecule has 3 rings (SSSR count). The lowest BCUT2D eigenvalue weighted by Crippen LogP contribution is -2.36. The van der Waals surface area contributed by atoms with E-state index in [1.807, 2.05) is 36.1 Å². The average molecular weight is 426 g/mol. The Kier molecular flexibility index (Phi) is 8.34. The molecule has 1 saturated heterocycles. The molecule has 1 fully saturated rings. The van der Waals surface area contributed by atoms with E-state index in [4.69, 9.17) is 0 Å². The molecule has 1 aliphatic heterocycles. The zero-order valence-electron chi connectivity index (χ0n) is 17.9. The van der Waals surface area contributed by atoms with E-state index in [2.05, 4.69) is 41.4 Å². The molecule has 0 unspecified atom stereocenters. The van der Waals surface area contributed by atoms with E-state index in [0.717, 1.165) is 50.4 Å². The van der Waals surface area contributed by atoms with Crippen molar-refractivity contribution in [3.05, 3.63) is 65.2 Å². The highest BCUT2D eigenvalue weighted by molar-refractivity contribution is 8.00. The molecule has 2 amide bonds. The second-order valence-electron chi connectivity index (χ2n) is 7.84. The van der Waals surface area contributed by atoms with Crippen LogP contribution < -0.4 is 5.32 Å². The highest BCUT2D eigenvalue weighted by Crippen LogP contribution is 2.14. The summed E-state index contributed by atoms with van der Waals surface area (Å²) in [5.74, 6) is 0.684. The van der Waals surface area contributed by atoms with Gasteiger partial charge in [0, 0.05) is 38.4 Å². The van der Waals surface area contributed by atoms with Crippen molar-refractivity contribution < 1.29 is 9.59 Å². The van der Waals surface area contributed by atoms with E-state index in [9.17, 15) is 9.59 Å². The first-order valence-electron chi connectivity index (χ1n) is 10.5. The number of hydrogen-bond acceptors (Lipinski definition) is 4. The second kappa shape index (κ2) is 11.2. The van der Waals surface area contributed by atoms with E-state index in [0.29, 0.717) is 5.75 Å². The van der Waals surface area contributed by atoms with Crippen molar-refractivity contribution in [1.29, 1.82) is 0 Å². The lowest BCUT2D eigenvalue weighted by atomic mass is 10.1. The smallest absolute Gasteiger partial charge is 0.234 e. The number of anilines is 1. The number of amides is 2. The van der Waals surface area contributed by atoms with E-state index in [1.54, 1.807) is 0 Å². The van der Waals surface area contributed by atoms with Gasteiger partial charge in [-0.3, -0.25) is 14.5 Å². The van der Waals surface area contributed by atoms with Gasteiger partial charge in [-0.25, -0.2) is 0 Å². The van der Waals surface area contributed by atoms with E-state index in [-0.39, 0.29) is 17.6 Å². The van der Waals surface area contributed by atoms with Gasteiger partial charge in [0.05, 0.1) is 11.5 Å². The number of hydrogen-bond donors (Lipinski definition) is 1. The Bertz CT molecular complexity index is 854. The number of rotatable bonds is 7. The van der Waals surface area contributed by atoms with E-state index >= 15 is 0 Å². The van der Waals surface area contributed by atoms with Crippen molar-refractivity contribution in [3.8, 4) is 0 Å². The minimum Gasteiger partial charge on any atom is -0.341 e. The Balaban J connectivity index is 1.38. The molecular formula is C24H31N3O2S. The lowest BCUT2D eigenvalue weighted by molar-refractivity contribution is -0.128. The van der Waals surface area contributed by atoms with Crippen LogP contribution in [-0.4, -0.2) is 59.3 Å². The predicted molar refractivity (Wildman–Crippen MR) is 125 cm³/mol. The summed E-state index contributed by atoms with van der Waals surface area (Å²) >= 11 is 1.38. The SMILES string of the molecule is Cc1ccc(NC(=O)CSCC(=O)N2CCCN(Cc3ccccc3C)CC2)cc1. The maximum atomic E-state index is 12.6. The fourth-order valence-electron chi connectivity index (χ4n) is 3.56. The van der Waals surface area contributed by atoms with Crippen molar-refractivity contribution in [2.75, 3.05) is 43.0 Å². The highest BCUT2D eigenvalue weighted by Gasteiger charge is 2.19. The molecule has 6 heteroatoms. The van der Waals surface area contributed by atoms with Gasteiger partial charge in [-0.1, -0.05) is 42.0 Å². The maximum absolute atomic E-state index is 12.6. The average Bonchev–Trinajstić information content (AvgIpc) is 2.97. The molecule has 0 atom stereocenters. The van der Waals surface area contributed by atoms with Crippen molar-refractivity contribution in [2.45, 2.75) is 26.8 Å². The summed E-state index contributed by atoms with van der Waals surface area (Å²) in [5, 5.41) is 2.87. The Hall–Kier alpha value is -2.31. The van der Waals surface area contributed by atoms with Crippen molar-refractivity contribution in [3.63, 3.8) is 0 Å². The molecule has 160 valence electrons. The van der Waals surface area contributed by atoms with Crippen molar-refractivity contribution >= 4 is 29.3 Å². The quantitative estimate of drug-likeness (QED) is 0.735. The number of benzene rings is 2. The molecular weight excluding hydrogens is 394 g/mol. The van der Waals surface area contributed by atoms with E-state index in [1.165, 1.54) is 22.9 Å². The van der Waals surface area contributed by atoms with Gasteiger partial charge in [-0.2, -0.15) is 0 Å². The summed E-state index contributed by atoms with van der Waals surface area (Å²) < 4.78 is 0. The molecule has 0 aromatic heterocycles. The molecule has 0 saturated carbocycles. The maximum Gasteiger partial charge on any atom is 0.234 e. The predicted octanol–water partition coefficient (Wildman–Crippen LogP) is 3.71. The van der Waals surface area contributed by atoms with Crippen LogP contribution in [0.5, 0.6) is 0 Å². The standard InChI is InChI=1S/C24H31N3O2S/c1-19-8-10-22(11-9-19)25-23(28)17-30-18-24(29)27-13-5-12-26(14-15-27)16-21-7-4-3-6-20(21)2/h3-4,6-11H,5,12-18H2,1-2H3,(H,25,28). The highest BCUT2D eigenvalue weighted by atomic mass is 32.2. The molecule has 1 heterocycles. The largest absolute Gasteiger partial charge is 0.341 e. The summed E-state index contributed by atoms with van der Waals surface area (Å²) in [5.41, 5.74) is 4.61. The third-order valence-corrected chi connectivity index (χ3v) is 6.31. The third-order valence-electron chi connectivity index (χ3n) is 5.39. The first-order chi connectivity index (χ1) is 14.5. The van der Waals surface area contributed by atoms with Crippen LogP contribution >= 0.6 is 11.8 Å². The fourth-order valence-corrected chi connectivity index (χ4v) is 4.28. The Morgan fingerprint density at radius 1 is 0.933 bits per heavy atom. The van der Waals surface area contributed by atoms with Gasteiger partial charge >= 0.3 is 0 Å². The van der Waals surface area contributed by atoms with Crippen LogP contribution in [0.4, 0.5) is 5.69 Å². The van der Waals surface area contributed by atoms with Gasteiger partial charge in [-0.15, -0.1) is 11.8 Å². The van der Waals surface area contributed by atoms with Crippen LogP contribution in [0.1, 0.15) is 23.1 Å². The monoisotopic (exact) mass is 425 g/mol. The second-order valence-corrected chi connectivity index (χ2v) is 8.83. The molecule has 0 aliphatic carbocycles. The molecule has 0 spiro atoms. The van der Waals surface area contributed by atoms with Crippen LogP contribution in [0.2, 0.25) is 0 Å². The lowest BCUT2D eigenvalue weighted by Gasteiger charge is -2.22. The number of nitrogens with one attached hydrogen (secondary N) is 1. The summed E-state index contributed by atoms with van der Waals surface area (Å²) in [7, 11) is 0. The molecule has 1 N–H and O–H groups in total. The summed E-state index contributed by atoms with van der Waals surface area (Å²) in [6, 6.07) is 16.2. The van der Waals surface area contributed by atoms with Crippen LogP contribution in [0, 0.1) is 13.8 Å². The van der Waals surface area contributed by atoms with Gasteiger partial charge < -0.3 is 10.2 Å². The van der Waals surface area contributed by atoms with Gasteiger partial charge in [0.15, 0.2) is 0 Å². The number of nitrogens with zero attached hydrogens (tertiary/aromatic N) is 2.